The maximum atomic E-state index is 5.08. The molecular weight excluding hydrogens is 427 g/mol. The van der Waals surface area contributed by atoms with Crippen molar-refractivity contribution in [3.63, 3.8) is 0 Å². The predicted molar refractivity (Wildman–Crippen MR) is 118 cm³/mol. The Morgan fingerprint density at radius 1 is 1.08 bits per heavy atom. The van der Waals surface area contributed by atoms with Crippen molar-refractivity contribution in [3.05, 3.63) is 35.4 Å². The van der Waals surface area contributed by atoms with Crippen LogP contribution in [-0.2, 0) is 17.8 Å². The van der Waals surface area contributed by atoms with Crippen LogP contribution in [0.1, 0.15) is 38.3 Å². The fourth-order valence-electron chi connectivity index (χ4n) is 2.48. The molecule has 1 rings (SSSR count). The molecule has 1 aromatic rings. The van der Waals surface area contributed by atoms with Gasteiger partial charge < -0.3 is 15.4 Å². The molecule has 0 spiro atoms. The minimum Gasteiger partial charge on any atom is -0.385 e. The molecule has 1 aromatic carbocycles. The lowest BCUT2D eigenvalue weighted by atomic mass is 10.1. The Balaban J connectivity index is 0.00000576. The van der Waals surface area contributed by atoms with E-state index < -0.39 is 0 Å². The number of nitrogens with zero attached hydrogens (tertiary/aromatic N) is 2. The second-order valence-corrected chi connectivity index (χ2v) is 5.70. The summed E-state index contributed by atoms with van der Waals surface area (Å²) in [4.78, 5) is 7.16. The predicted octanol–water partition coefficient (Wildman–Crippen LogP) is 3.24. The third kappa shape index (κ3) is 10.0. The number of benzene rings is 1. The van der Waals surface area contributed by atoms with Crippen LogP contribution in [0.25, 0.3) is 0 Å². The van der Waals surface area contributed by atoms with Crippen LogP contribution in [-0.4, -0.2) is 50.8 Å². The smallest absolute Gasteiger partial charge is 0.191 e. The molecule has 0 saturated heterocycles. The number of nitrogens with one attached hydrogen (secondary N) is 2. The first-order valence-electron chi connectivity index (χ1n) is 9.05. The Bertz CT molecular complexity index is 478. The van der Waals surface area contributed by atoms with Gasteiger partial charge in [-0.1, -0.05) is 38.1 Å². The van der Waals surface area contributed by atoms with E-state index in [1.807, 2.05) is 0 Å². The van der Waals surface area contributed by atoms with Crippen LogP contribution in [0, 0.1) is 0 Å². The number of rotatable bonds is 11. The second-order valence-electron chi connectivity index (χ2n) is 5.70. The summed E-state index contributed by atoms with van der Waals surface area (Å²) in [6, 6.07) is 8.59. The Morgan fingerprint density at radius 3 is 2.36 bits per heavy atom. The lowest BCUT2D eigenvalue weighted by Gasteiger charge is -2.20. The zero-order valence-corrected chi connectivity index (χ0v) is 18.5. The molecule has 2 N–H and O–H groups in total. The molecular formula is C19H35IN4O. The molecule has 144 valence electrons. The summed E-state index contributed by atoms with van der Waals surface area (Å²) in [6.45, 7) is 12.8. The molecule has 0 aliphatic rings. The molecule has 0 aromatic heterocycles. The number of methoxy groups -OCH3 is 1. The number of guanidine groups is 1. The first-order valence-corrected chi connectivity index (χ1v) is 9.05. The zero-order chi connectivity index (χ0) is 17.6. The van der Waals surface area contributed by atoms with Gasteiger partial charge in [0, 0.05) is 33.4 Å². The van der Waals surface area contributed by atoms with Crippen molar-refractivity contribution in [2.24, 2.45) is 4.99 Å². The number of hydrogen-bond acceptors (Lipinski definition) is 3. The standard InChI is InChI=1S/C19H34N4O.HI/c1-5-20-19(21-13-10-14-24-4)22-15-17-11-8-9-12-18(17)16-23(6-2)7-3;/h8-9,11-12H,5-7,10,13-16H2,1-4H3,(H2,20,21,22);1H. The molecule has 6 heteroatoms. The van der Waals surface area contributed by atoms with E-state index in [0.29, 0.717) is 6.54 Å². The van der Waals surface area contributed by atoms with Gasteiger partial charge in [-0.3, -0.25) is 4.90 Å². The Labute approximate surface area is 170 Å². The average Bonchev–Trinajstić information content (AvgIpc) is 2.62. The Morgan fingerprint density at radius 2 is 1.76 bits per heavy atom. The van der Waals surface area contributed by atoms with Crippen LogP contribution in [0.2, 0.25) is 0 Å². The van der Waals surface area contributed by atoms with Crippen molar-refractivity contribution in [2.75, 3.05) is 39.9 Å². The van der Waals surface area contributed by atoms with Gasteiger partial charge in [0.1, 0.15) is 0 Å². The minimum absolute atomic E-state index is 0. The SMILES string of the molecule is CCNC(=NCc1ccccc1CN(CC)CC)NCCCOC.I. The molecule has 0 aliphatic carbocycles. The van der Waals surface area contributed by atoms with Crippen molar-refractivity contribution in [3.8, 4) is 0 Å². The van der Waals surface area contributed by atoms with Crippen LogP contribution < -0.4 is 10.6 Å². The molecule has 0 aliphatic heterocycles. The molecule has 0 unspecified atom stereocenters. The molecule has 0 bridgehead atoms. The summed E-state index contributed by atoms with van der Waals surface area (Å²) in [5.74, 6) is 0.867. The van der Waals surface area contributed by atoms with E-state index in [-0.39, 0.29) is 24.0 Å². The highest BCUT2D eigenvalue weighted by molar-refractivity contribution is 14.0. The average molecular weight is 462 g/mol. The summed E-state index contributed by atoms with van der Waals surface area (Å²) in [7, 11) is 1.73. The van der Waals surface area contributed by atoms with Gasteiger partial charge in [-0.15, -0.1) is 24.0 Å². The second kappa shape index (κ2) is 15.4. The molecule has 5 nitrogen and oxygen atoms in total. The van der Waals surface area contributed by atoms with Crippen LogP contribution in [0.15, 0.2) is 29.3 Å². The minimum atomic E-state index is 0. The summed E-state index contributed by atoms with van der Waals surface area (Å²) < 4.78 is 5.08. The zero-order valence-electron chi connectivity index (χ0n) is 16.2. The van der Waals surface area contributed by atoms with E-state index in [1.54, 1.807) is 7.11 Å². The summed E-state index contributed by atoms with van der Waals surface area (Å²) in [5.41, 5.74) is 2.65. The fourth-order valence-corrected chi connectivity index (χ4v) is 2.48. The van der Waals surface area contributed by atoms with Crippen molar-refractivity contribution in [1.82, 2.24) is 15.5 Å². The molecule has 0 atom stereocenters. The lowest BCUT2D eigenvalue weighted by Crippen LogP contribution is -2.38. The highest BCUT2D eigenvalue weighted by Crippen LogP contribution is 2.13. The maximum absolute atomic E-state index is 5.08. The quantitative estimate of drug-likeness (QED) is 0.230. The van der Waals surface area contributed by atoms with Gasteiger partial charge in [-0.2, -0.15) is 0 Å². The normalized spacial score (nSPS) is 11.3. The third-order valence-electron chi connectivity index (χ3n) is 3.98. The molecule has 0 saturated carbocycles. The van der Waals surface area contributed by atoms with E-state index in [9.17, 15) is 0 Å². The van der Waals surface area contributed by atoms with Gasteiger partial charge in [0.25, 0.3) is 0 Å². The topological polar surface area (TPSA) is 48.9 Å². The number of ether oxygens (including phenoxy) is 1. The first-order chi connectivity index (χ1) is 11.7. The number of hydrogen-bond donors (Lipinski definition) is 2. The van der Waals surface area contributed by atoms with Crippen LogP contribution in [0.5, 0.6) is 0 Å². The van der Waals surface area contributed by atoms with Gasteiger partial charge in [-0.05, 0) is 37.6 Å². The Kier molecular flexibility index (Phi) is 14.9. The Hall–Kier alpha value is -0.860. The van der Waals surface area contributed by atoms with Gasteiger partial charge in [-0.25, -0.2) is 4.99 Å². The highest BCUT2D eigenvalue weighted by Gasteiger charge is 2.06. The van der Waals surface area contributed by atoms with E-state index in [2.05, 4.69) is 60.6 Å². The van der Waals surface area contributed by atoms with E-state index in [4.69, 9.17) is 9.73 Å². The maximum Gasteiger partial charge on any atom is 0.191 e. The summed E-state index contributed by atoms with van der Waals surface area (Å²) in [6.07, 6.45) is 0.972. The van der Waals surface area contributed by atoms with Crippen molar-refractivity contribution >= 4 is 29.9 Å². The van der Waals surface area contributed by atoms with Crippen molar-refractivity contribution in [1.29, 1.82) is 0 Å². The van der Waals surface area contributed by atoms with Gasteiger partial charge in [0.2, 0.25) is 0 Å². The summed E-state index contributed by atoms with van der Waals surface area (Å²) in [5, 5.41) is 6.66. The van der Waals surface area contributed by atoms with Crippen LogP contribution in [0.3, 0.4) is 0 Å². The number of aliphatic imine (C=N–C) groups is 1. The van der Waals surface area contributed by atoms with E-state index in [0.717, 1.165) is 51.7 Å². The van der Waals surface area contributed by atoms with Gasteiger partial charge in [0.05, 0.1) is 6.54 Å². The highest BCUT2D eigenvalue weighted by atomic mass is 127. The molecule has 0 fully saturated rings. The van der Waals surface area contributed by atoms with Crippen LogP contribution >= 0.6 is 24.0 Å². The lowest BCUT2D eigenvalue weighted by molar-refractivity contribution is 0.195. The largest absolute Gasteiger partial charge is 0.385 e. The van der Waals surface area contributed by atoms with Crippen molar-refractivity contribution in [2.45, 2.75) is 40.3 Å². The third-order valence-corrected chi connectivity index (χ3v) is 3.98. The molecule has 0 heterocycles. The molecule has 0 radical (unpaired) electrons. The van der Waals surface area contributed by atoms with E-state index >= 15 is 0 Å². The van der Waals surface area contributed by atoms with Gasteiger partial charge in [0.15, 0.2) is 5.96 Å². The van der Waals surface area contributed by atoms with Crippen molar-refractivity contribution < 1.29 is 4.74 Å². The number of halogens is 1. The van der Waals surface area contributed by atoms with Gasteiger partial charge >= 0.3 is 0 Å². The molecule has 0 amide bonds. The summed E-state index contributed by atoms with van der Waals surface area (Å²) >= 11 is 0. The fraction of sp³-hybridized carbons (Fsp3) is 0.632. The molecule has 25 heavy (non-hydrogen) atoms. The van der Waals surface area contributed by atoms with Crippen LogP contribution in [0.4, 0.5) is 0 Å². The first kappa shape index (κ1) is 24.1. The monoisotopic (exact) mass is 462 g/mol. The van der Waals surface area contributed by atoms with E-state index in [1.165, 1.54) is 11.1 Å².